The number of imidazole rings is 1. The Morgan fingerprint density at radius 1 is 1.39 bits per heavy atom. The molecule has 124 valence electrons. The molecule has 0 unspecified atom stereocenters. The molecule has 1 fully saturated rings. The van der Waals surface area contributed by atoms with E-state index in [-0.39, 0.29) is 23.7 Å². The van der Waals surface area contributed by atoms with Crippen molar-refractivity contribution < 1.29 is 13.2 Å². The molecule has 0 spiro atoms. The zero-order valence-corrected chi connectivity index (χ0v) is 13.8. The van der Waals surface area contributed by atoms with Crippen LogP contribution in [-0.4, -0.2) is 51.7 Å². The van der Waals surface area contributed by atoms with Crippen molar-refractivity contribution in [3.8, 4) is 5.88 Å². The van der Waals surface area contributed by atoms with Crippen LogP contribution in [0.3, 0.4) is 0 Å². The molecule has 23 heavy (non-hydrogen) atoms. The van der Waals surface area contributed by atoms with Gasteiger partial charge in [0.15, 0.2) is 5.03 Å². The van der Waals surface area contributed by atoms with E-state index in [1.54, 1.807) is 35.4 Å². The number of nitrogens with zero attached hydrogens (tertiary/aromatic N) is 5. The second-order valence-corrected chi connectivity index (χ2v) is 7.59. The van der Waals surface area contributed by atoms with Gasteiger partial charge in [0.2, 0.25) is 5.88 Å². The Morgan fingerprint density at radius 2 is 2.22 bits per heavy atom. The summed E-state index contributed by atoms with van der Waals surface area (Å²) in [6, 6.07) is 3.59. The summed E-state index contributed by atoms with van der Waals surface area (Å²) in [6.07, 6.45) is 5.05. The minimum absolute atomic E-state index is 0.0753. The molecular weight excluding hydrogens is 318 g/mol. The van der Waals surface area contributed by atoms with E-state index >= 15 is 0 Å². The molecule has 2 aromatic heterocycles. The Bertz CT molecular complexity index is 760. The summed E-state index contributed by atoms with van der Waals surface area (Å²) in [5, 5.41) is 7.67. The molecule has 2 aromatic rings. The highest BCUT2D eigenvalue weighted by atomic mass is 32.2. The molecule has 0 saturated carbocycles. The van der Waals surface area contributed by atoms with Crippen molar-refractivity contribution in [1.29, 1.82) is 0 Å². The molecule has 1 saturated heterocycles. The number of sulfonamides is 1. The van der Waals surface area contributed by atoms with Crippen LogP contribution in [0.1, 0.15) is 26.3 Å². The Hall–Kier alpha value is -2.00. The molecule has 0 radical (unpaired) electrons. The summed E-state index contributed by atoms with van der Waals surface area (Å²) in [5.41, 5.74) is 0. The van der Waals surface area contributed by atoms with Crippen molar-refractivity contribution in [3.05, 3.63) is 30.9 Å². The van der Waals surface area contributed by atoms with Gasteiger partial charge in [-0.25, -0.2) is 13.4 Å². The van der Waals surface area contributed by atoms with E-state index in [2.05, 4.69) is 15.2 Å². The number of hydrogen-bond donors (Lipinski definition) is 0. The normalized spacial score (nSPS) is 19.3. The number of ether oxygens (including phenoxy) is 1. The zero-order chi connectivity index (χ0) is 16.4. The summed E-state index contributed by atoms with van der Waals surface area (Å²) >= 11 is 0. The van der Waals surface area contributed by atoms with Crippen molar-refractivity contribution in [1.82, 2.24) is 24.1 Å². The molecule has 0 aliphatic carbocycles. The fraction of sp³-hybridized carbons (Fsp3) is 0.500. The Balaban J connectivity index is 1.69. The lowest BCUT2D eigenvalue weighted by Gasteiger charge is -2.15. The number of hydrogen-bond acceptors (Lipinski definition) is 6. The maximum absolute atomic E-state index is 12.6. The van der Waals surface area contributed by atoms with Gasteiger partial charge in [-0.1, -0.05) is 0 Å². The van der Waals surface area contributed by atoms with E-state index < -0.39 is 10.0 Å². The molecular formula is C14H19N5O3S. The first kappa shape index (κ1) is 15.9. The molecule has 3 rings (SSSR count). The lowest BCUT2D eigenvalue weighted by Crippen LogP contribution is -2.31. The maximum atomic E-state index is 12.6. The summed E-state index contributed by atoms with van der Waals surface area (Å²) in [5.74, 6) is 0.404. The summed E-state index contributed by atoms with van der Waals surface area (Å²) in [4.78, 5) is 4.03. The number of aromatic nitrogens is 4. The fourth-order valence-electron chi connectivity index (χ4n) is 2.40. The van der Waals surface area contributed by atoms with Gasteiger partial charge in [0, 0.05) is 31.0 Å². The van der Waals surface area contributed by atoms with Crippen LogP contribution in [0.5, 0.6) is 5.88 Å². The first-order valence-corrected chi connectivity index (χ1v) is 8.89. The highest BCUT2D eigenvalue weighted by molar-refractivity contribution is 7.89. The topological polar surface area (TPSA) is 90.2 Å². The van der Waals surface area contributed by atoms with E-state index in [0.717, 1.165) is 0 Å². The average molecular weight is 337 g/mol. The second kappa shape index (κ2) is 6.25. The zero-order valence-electron chi connectivity index (χ0n) is 13.0. The van der Waals surface area contributed by atoms with Gasteiger partial charge in [-0.05, 0) is 26.3 Å². The van der Waals surface area contributed by atoms with Crippen LogP contribution in [0.2, 0.25) is 0 Å². The Kier molecular flexibility index (Phi) is 4.31. The SMILES string of the molecule is CC(C)n1cnc(S(=O)(=O)N2CC[C@H](Oc3cccnn3)C2)c1. The molecule has 0 aromatic carbocycles. The van der Waals surface area contributed by atoms with Crippen LogP contribution < -0.4 is 4.74 Å². The highest BCUT2D eigenvalue weighted by Crippen LogP contribution is 2.23. The van der Waals surface area contributed by atoms with Gasteiger partial charge in [-0.3, -0.25) is 0 Å². The molecule has 0 amide bonds. The van der Waals surface area contributed by atoms with Gasteiger partial charge in [0.05, 0.1) is 12.9 Å². The van der Waals surface area contributed by atoms with E-state index in [0.29, 0.717) is 18.8 Å². The van der Waals surface area contributed by atoms with E-state index in [1.807, 2.05) is 13.8 Å². The predicted octanol–water partition coefficient (Wildman–Crippen LogP) is 1.10. The van der Waals surface area contributed by atoms with Gasteiger partial charge >= 0.3 is 0 Å². The van der Waals surface area contributed by atoms with Crippen LogP contribution in [-0.2, 0) is 10.0 Å². The number of rotatable bonds is 5. The summed E-state index contributed by atoms with van der Waals surface area (Å²) in [6.45, 7) is 4.63. The summed E-state index contributed by atoms with van der Waals surface area (Å²) in [7, 11) is -3.59. The summed E-state index contributed by atoms with van der Waals surface area (Å²) < 4.78 is 34.1. The van der Waals surface area contributed by atoms with Crippen molar-refractivity contribution in [2.75, 3.05) is 13.1 Å². The third-order valence-electron chi connectivity index (χ3n) is 3.72. The molecule has 1 aliphatic rings. The van der Waals surface area contributed by atoms with Crippen molar-refractivity contribution in [2.24, 2.45) is 0 Å². The van der Waals surface area contributed by atoms with Crippen LogP contribution in [0.4, 0.5) is 0 Å². The van der Waals surface area contributed by atoms with E-state index in [1.165, 1.54) is 4.31 Å². The van der Waals surface area contributed by atoms with Gasteiger partial charge in [0.25, 0.3) is 10.0 Å². The lowest BCUT2D eigenvalue weighted by molar-refractivity contribution is 0.204. The first-order valence-electron chi connectivity index (χ1n) is 7.45. The van der Waals surface area contributed by atoms with Crippen molar-refractivity contribution in [2.45, 2.75) is 37.4 Å². The molecule has 3 heterocycles. The predicted molar refractivity (Wildman–Crippen MR) is 82.4 cm³/mol. The standard InChI is InChI=1S/C14H19N5O3S/c1-11(2)18-9-14(15-10-18)23(20,21)19-7-5-12(8-19)22-13-4-3-6-16-17-13/h3-4,6,9-12H,5,7-8H2,1-2H3/t12-/m0/s1. The highest BCUT2D eigenvalue weighted by Gasteiger charge is 2.35. The van der Waals surface area contributed by atoms with Crippen LogP contribution in [0.15, 0.2) is 35.9 Å². The molecule has 1 aliphatic heterocycles. The third-order valence-corrected chi connectivity index (χ3v) is 5.47. The molecule has 9 heteroatoms. The van der Waals surface area contributed by atoms with Gasteiger partial charge in [-0.2, -0.15) is 9.40 Å². The third kappa shape index (κ3) is 3.35. The van der Waals surface area contributed by atoms with Gasteiger partial charge < -0.3 is 9.30 Å². The largest absolute Gasteiger partial charge is 0.472 e. The van der Waals surface area contributed by atoms with Gasteiger partial charge in [0.1, 0.15) is 6.10 Å². The first-order chi connectivity index (χ1) is 11.0. The van der Waals surface area contributed by atoms with Crippen LogP contribution in [0, 0.1) is 0 Å². The Morgan fingerprint density at radius 3 is 2.87 bits per heavy atom. The van der Waals surface area contributed by atoms with Gasteiger partial charge in [-0.15, -0.1) is 5.10 Å². The van der Waals surface area contributed by atoms with Crippen molar-refractivity contribution >= 4 is 10.0 Å². The fourth-order valence-corrected chi connectivity index (χ4v) is 3.81. The maximum Gasteiger partial charge on any atom is 0.262 e. The Labute approximate surface area is 135 Å². The van der Waals surface area contributed by atoms with E-state index in [9.17, 15) is 8.42 Å². The quantitative estimate of drug-likeness (QED) is 0.811. The van der Waals surface area contributed by atoms with E-state index in [4.69, 9.17) is 4.74 Å². The van der Waals surface area contributed by atoms with Crippen molar-refractivity contribution in [3.63, 3.8) is 0 Å². The second-order valence-electron chi connectivity index (χ2n) is 5.71. The minimum atomic E-state index is -3.59. The smallest absolute Gasteiger partial charge is 0.262 e. The molecule has 1 atom stereocenters. The average Bonchev–Trinajstić information content (AvgIpc) is 3.18. The molecule has 0 N–H and O–H groups in total. The monoisotopic (exact) mass is 337 g/mol. The minimum Gasteiger partial charge on any atom is -0.472 e. The molecule has 8 nitrogen and oxygen atoms in total. The lowest BCUT2D eigenvalue weighted by atomic mass is 10.3. The molecule has 0 bridgehead atoms. The van der Waals surface area contributed by atoms with Crippen LogP contribution >= 0.6 is 0 Å². The van der Waals surface area contributed by atoms with Crippen LogP contribution in [0.25, 0.3) is 0 Å².